The average Bonchev–Trinajstić information content (AvgIpc) is 2.60. The molecule has 25 heavy (non-hydrogen) atoms. The van der Waals surface area contributed by atoms with E-state index in [0.29, 0.717) is 29.8 Å². The van der Waals surface area contributed by atoms with Gasteiger partial charge in [0, 0.05) is 24.8 Å². The van der Waals surface area contributed by atoms with E-state index in [-0.39, 0.29) is 6.03 Å². The highest BCUT2D eigenvalue weighted by molar-refractivity contribution is 5.92. The normalized spacial score (nSPS) is 18.0. The number of likely N-dealkylation sites (tertiary alicyclic amines) is 1. The van der Waals surface area contributed by atoms with Gasteiger partial charge in [-0.2, -0.15) is 0 Å². The van der Waals surface area contributed by atoms with Gasteiger partial charge in [-0.05, 0) is 49.6 Å². The van der Waals surface area contributed by atoms with Crippen molar-refractivity contribution in [2.45, 2.75) is 39.2 Å². The number of amides is 2. The van der Waals surface area contributed by atoms with Crippen LogP contribution in [0.1, 0.15) is 43.5 Å². The molecule has 0 aromatic heterocycles. The average molecular weight is 347 g/mol. The van der Waals surface area contributed by atoms with Crippen molar-refractivity contribution in [2.75, 3.05) is 32.1 Å². The lowest BCUT2D eigenvalue weighted by molar-refractivity contribution is 0.0600. The molecule has 138 valence electrons. The van der Waals surface area contributed by atoms with Crippen LogP contribution in [0.5, 0.6) is 0 Å². The molecule has 1 atom stereocenters. The van der Waals surface area contributed by atoms with Crippen LogP contribution in [0.15, 0.2) is 24.3 Å². The molecule has 2 N–H and O–H groups in total. The SMILES string of the molecule is COC(=O)c1ccc(NC(=O)NCC2CCCCN2CC(C)C)cc1. The fraction of sp³-hybridized carbons (Fsp3) is 0.579. The topological polar surface area (TPSA) is 70.7 Å². The molecule has 1 heterocycles. The van der Waals surface area contributed by atoms with E-state index in [4.69, 9.17) is 0 Å². The number of urea groups is 1. The summed E-state index contributed by atoms with van der Waals surface area (Å²) in [5.74, 6) is 0.237. The summed E-state index contributed by atoms with van der Waals surface area (Å²) in [5, 5.41) is 5.77. The van der Waals surface area contributed by atoms with Crippen LogP contribution in [0, 0.1) is 5.92 Å². The molecule has 0 spiro atoms. The summed E-state index contributed by atoms with van der Waals surface area (Å²) in [7, 11) is 1.34. The van der Waals surface area contributed by atoms with Crippen molar-refractivity contribution in [3.8, 4) is 0 Å². The first kappa shape index (κ1) is 19.2. The molecule has 6 heteroatoms. The van der Waals surface area contributed by atoms with E-state index in [1.54, 1.807) is 24.3 Å². The molecule has 2 rings (SSSR count). The highest BCUT2D eigenvalue weighted by Crippen LogP contribution is 2.18. The van der Waals surface area contributed by atoms with Gasteiger partial charge in [0.2, 0.25) is 0 Å². The number of nitrogens with zero attached hydrogens (tertiary/aromatic N) is 1. The number of ether oxygens (including phenoxy) is 1. The van der Waals surface area contributed by atoms with Gasteiger partial charge in [0.05, 0.1) is 12.7 Å². The molecule has 1 saturated heterocycles. The summed E-state index contributed by atoms with van der Waals surface area (Å²) < 4.78 is 4.66. The monoisotopic (exact) mass is 347 g/mol. The molecule has 0 bridgehead atoms. The molecule has 1 fully saturated rings. The van der Waals surface area contributed by atoms with Gasteiger partial charge in [-0.3, -0.25) is 4.90 Å². The molecule has 2 amide bonds. The summed E-state index contributed by atoms with van der Waals surface area (Å²) in [6, 6.07) is 6.83. The molecule has 1 aliphatic heterocycles. The van der Waals surface area contributed by atoms with E-state index in [2.05, 4.69) is 34.1 Å². The Balaban J connectivity index is 1.82. The second-order valence-corrected chi connectivity index (χ2v) is 6.94. The van der Waals surface area contributed by atoms with E-state index in [0.717, 1.165) is 19.5 Å². The molecule has 1 aromatic carbocycles. The van der Waals surface area contributed by atoms with Crippen molar-refractivity contribution in [3.05, 3.63) is 29.8 Å². The predicted molar refractivity (Wildman–Crippen MR) is 98.9 cm³/mol. The maximum atomic E-state index is 12.1. The number of hydrogen-bond acceptors (Lipinski definition) is 4. The van der Waals surface area contributed by atoms with Crippen LogP contribution in [0.25, 0.3) is 0 Å². The summed E-state index contributed by atoms with van der Waals surface area (Å²) in [5.41, 5.74) is 1.10. The second kappa shape index (κ2) is 9.42. The van der Waals surface area contributed by atoms with Gasteiger partial charge >= 0.3 is 12.0 Å². The van der Waals surface area contributed by atoms with Gasteiger partial charge in [0.25, 0.3) is 0 Å². The lowest BCUT2D eigenvalue weighted by atomic mass is 10.0. The van der Waals surface area contributed by atoms with Crippen molar-refractivity contribution < 1.29 is 14.3 Å². The van der Waals surface area contributed by atoms with Crippen LogP contribution in [-0.4, -0.2) is 49.7 Å². The third-order valence-corrected chi connectivity index (χ3v) is 4.41. The molecule has 1 aliphatic rings. The molecule has 0 radical (unpaired) electrons. The first-order chi connectivity index (χ1) is 12.0. The maximum Gasteiger partial charge on any atom is 0.337 e. The number of esters is 1. The van der Waals surface area contributed by atoms with Crippen LogP contribution in [0.3, 0.4) is 0 Å². The van der Waals surface area contributed by atoms with Gasteiger partial charge in [0.15, 0.2) is 0 Å². The minimum absolute atomic E-state index is 0.221. The molecule has 0 aliphatic carbocycles. The number of carbonyl (C=O) groups excluding carboxylic acids is 2. The van der Waals surface area contributed by atoms with Crippen molar-refractivity contribution in [1.29, 1.82) is 0 Å². The highest BCUT2D eigenvalue weighted by Gasteiger charge is 2.23. The Morgan fingerprint density at radius 1 is 1.24 bits per heavy atom. The molecular weight excluding hydrogens is 318 g/mol. The first-order valence-corrected chi connectivity index (χ1v) is 8.97. The van der Waals surface area contributed by atoms with Gasteiger partial charge in [-0.25, -0.2) is 9.59 Å². The zero-order valence-electron chi connectivity index (χ0n) is 15.4. The minimum atomic E-state index is -0.390. The zero-order valence-corrected chi connectivity index (χ0v) is 15.4. The fourth-order valence-corrected chi connectivity index (χ4v) is 3.19. The van der Waals surface area contributed by atoms with E-state index >= 15 is 0 Å². The molecular formula is C19H29N3O3. The molecule has 1 aromatic rings. The smallest absolute Gasteiger partial charge is 0.337 e. The number of piperidine rings is 1. The summed E-state index contributed by atoms with van der Waals surface area (Å²) in [6.45, 7) is 7.29. The third-order valence-electron chi connectivity index (χ3n) is 4.41. The van der Waals surface area contributed by atoms with Crippen LogP contribution in [0.2, 0.25) is 0 Å². The van der Waals surface area contributed by atoms with Crippen molar-refractivity contribution >= 4 is 17.7 Å². The van der Waals surface area contributed by atoms with Gasteiger partial charge in [0.1, 0.15) is 0 Å². The minimum Gasteiger partial charge on any atom is -0.465 e. The van der Waals surface area contributed by atoms with Gasteiger partial charge in [-0.1, -0.05) is 20.3 Å². The largest absolute Gasteiger partial charge is 0.465 e. The standard InChI is InChI=1S/C19H29N3O3/c1-14(2)13-22-11-5-4-6-17(22)12-20-19(24)21-16-9-7-15(8-10-16)18(23)25-3/h7-10,14,17H,4-6,11-13H2,1-3H3,(H2,20,21,24). The Bertz CT molecular complexity index is 572. The lowest BCUT2D eigenvalue weighted by Gasteiger charge is -2.36. The molecule has 0 saturated carbocycles. The number of benzene rings is 1. The van der Waals surface area contributed by atoms with Crippen LogP contribution in [-0.2, 0) is 4.74 Å². The summed E-state index contributed by atoms with van der Waals surface area (Å²) in [4.78, 5) is 26.0. The highest BCUT2D eigenvalue weighted by atomic mass is 16.5. The van der Waals surface area contributed by atoms with E-state index in [9.17, 15) is 9.59 Å². The summed E-state index contributed by atoms with van der Waals surface area (Å²) >= 11 is 0. The Morgan fingerprint density at radius 3 is 2.60 bits per heavy atom. The van der Waals surface area contributed by atoms with E-state index in [1.807, 2.05) is 0 Å². The van der Waals surface area contributed by atoms with E-state index in [1.165, 1.54) is 20.0 Å². The quantitative estimate of drug-likeness (QED) is 0.776. The Hall–Kier alpha value is -2.08. The predicted octanol–water partition coefficient (Wildman–Crippen LogP) is 3.11. The van der Waals surface area contributed by atoms with Crippen LogP contribution >= 0.6 is 0 Å². The second-order valence-electron chi connectivity index (χ2n) is 6.94. The number of methoxy groups -OCH3 is 1. The number of nitrogens with one attached hydrogen (secondary N) is 2. The van der Waals surface area contributed by atoms with E-state index < -0.39 is 5.97 Å². The Morgan fingerprint density at radius 2 is 1.96 bits per heavy atom. The Kier molecular flexibility index (Phi) is 7.25. The maximum absolute atomic E-state index is 12.1. The Labute approximate surface area is 149 Å². The number of carbonyl (C=O) groups is 2. The molecule has 6 nitrogen and oxygen atoms in total. The number of hydrogen-bond donors (Lipinski definition) is 2. The van der Waals surface area contributed by atoms with Crippen molar-refractivity contribution in [3.63, 3.8) is 0 Å². The third kappa shape index (κ3) is 6.05. The lowest BCUT2D eigenvalue weighted by Crippen LogP contribution is -2.48. The van der Waals surface area contributed by atoms with Crippen molar-refractivity contribution in [2.24, 2.45) is 5.92 Å². The van der Waals surface area contributed by atoms with Crippen LogP contribution < -0.4 is 10.6 Å². The van der Waals surface area contributed by atoms with Crippen LogP contribution in [0.4, 0.5) is 10.5 Å². The molecule has 1 unspecified atom stereocenters. The number of anilines is 1. The van der Waals surface area contributed by atoms with Gasteiger partial charge in [-0.15, -0.1) is 0 Å². The fourth-order valence-electron chi connectivity index (χ4n) is 3.19. The van der Waals surface area contributed by atoms with Gasteiger partial charge < -0.3 is 15.4 Å². The first-order valence-electron chi connectivity index (χ1n) is 8.97. The van der Waals surface area contributed by atoms with Crippen molar-refractivity contribution in [1.82, 2.24) is 10.2 Å². The zero-order chi connectivity index (χ0) is 18.2. The number of rotatable bonds is 6. The summed E-state index contributed by atoms with van der Waals surface area (Å²) in [6.07, 6.45) is 3.58.